The van der Waals surface area contributed by atoms with Crippen LogP contribution in [0, 0.1) is 0 Å². The van der Waals surface area contributed by atoms with Gasteiger partial charge in [0.15, 0.2) is 0 Å². The van der Waals surface area contributed by atoms with Gasteiger partial charge in [-0.1, -0.05) is 37.6 Å². The van der Waals surface area contributed by atoms with Crippen LogP contribution in [0.3, 0.4) is 0 Å². The van der Waals surface area contributed by atoms with E-state index in [2.05, 4.69) is 4.90 Å². The van der Waals surface area contributed by atoms with Crippen LogP contribution in [0.15, 0.2) is 24.3 Å². The fourth-order valence-corrected chi connectivity index (χ4v) is 2.88. The Morgan fingerprint density at radius 2 is 1.65 bits per heavy atom. The number of piperidine rings is 1. The van der Waals surface area contributed by atoms with Crippen molar-refractivity contribution < 1.29 is 8.78 Å². The Balaban J connectivity index is 0.000000956. The van der Waals surface area contributed by atoms with Gasteiger partial charge in [0, 0.05) is 16.9 Å². The maximum atomic E-state index is 12.9. The Morgan fingerprint density at radius 3 is 2.10 bits per heavy atom. The molecular weight excluding hydrogens is 280 g/mol. The SMILES string of the molecule is CC.CN1CCC(CC(F)F)(c2ccc(Cl)cc2)CC1. The van der Waals surface area contributed by atoms with Gasteiger partial charge in [0.2, 0.25) is 6.43 Å². The van der Waals surface area contributed by atoms with Crippen molar-refractivity contribution in [2.75, 3.05) is 20.1 Å². The number of benzene rings is 1. The van der Waals surface area contributed by atoms with E-state index in [1.807, 2.05) is 33.0 Å². The van der Waals surface area contributed by atoms with Crippen LogP contribution >= 0.6 is 11.6 Å². The molecule has 0 aromatic heterocycles. The summed E-state index contributed by atoms with van der Waals surface area (Å²) in [5.74, 6) is 0. The first-order valence-corrected chi connectivity index (χ1v) is 7.62. The summed E-state index contributed by atoms with van der Waals surface area (Å²) in [4.78, 5) is 2.19. The molecule has 0 N–H and O–H groups in total. The minimum Gasteiger partial charge on any atom is -0.306 e. The van der Waals surface area contributed by atoms with Gasteiger partial charge in [-0.2, -0.15) is 0 Å². The van der Waals surface area contributed by atoms with E-state index >= 15 is 0 Å². The third-order valence-electron chi connectivity index (χ3n) is 3.95. The van der Waals surface area contributed by atoms with E-state index in [4.69, 9.17) is 11.6 Å². The second-order valence-corrected chi connectivity index (χ2v) is 5.62. The number of nitrogens with zero attached hydrogens (tertiary/aromatic N) is 1. The summed E-state index contributed by atoms with van der Waals surface area (Å²) in [6.45, 7) is 5.74. The number of halogens is 3. The summed E-state index contributed by atoms with van der Waals surface area (Å²) >= 11 is 5.87. The van der Waals surface area contributed by atoms with Crippen molar-refractivity contribution in [1.29, 1.82) is 0 Å². The monoisotopic (exact) mass is 303 g/mol. The molecule has 1 heterocycles. The zero-order valence-corrected chi connectivity index (χ0v) is 13.3. The number of rotatable bonds is 3. The molecule has 20 heavy (non-hydrogen) atoms. The third-order valence-corrected chi connectivity index (χ3v) is 4.20. The number of hydrogen-bond donors (Lipinski definition) is 0. The van der Waals surface area contributed by atoms with Crippen molar-refractivity contribution in [2.45, 2.75) is 45.0 Å². The standard InChI is InChI=1S/C14H18ClF2N.C2H6/c1-18-8-6-14(7-9-18,10-13(16)17)11-2-4-12(15)5-3-11;1-2/h2-5,13H,6-10H2,1H3;1-2H3. The highest BCUT2D eigenvalue weighted by atomic mass is 35.5. The lowest BCUT2D eigenvalue weighted by Crippen LogP contribution is -2.42. The van der Waals surface area contributed by atoms with Crippen LogP contribution in [-0.2, 0) is 5.41 Å². The fourth-order valence-electron chi connectivity index (χ4n) is 2.76. The lowest BCUT2D eigenvalue weighted by atomic mass is 9.70. The van der Waals surface area contributed by atoms with Crippen molar-refractivity contribution in [3.63, 3.8) is 0 Å². The summed E-state index contributed by atoms with van der Waals surface area (Å²) < 4.78 is 25.8. The first-order valence-electron chi connectivity index (χ1n) is 7.25. The van der Waals surface area contributed by atoms with Crippen molar-refractivity contribution in [2.24, 2.45) is 0 Å². The van der Waals surface area contributed by atoms with E-state index in [1.54, 1.807) is 12.1 Å². The maximum absolute atomic E-state index is 12.9. The highest BCUT2D eigenvalue weighted by Gasteiger charge is 2.37. The number of likely N-dealkylation sites (tertiary alicyclic amines) is 1. The first kappa shape index (κ1) is 17.4. The van der Waals surface area contributed by atoms with Gasteiger partial charge in [-0.05, 0) is 50.7 Å². The minimum absolute atomic E-state index is 0.0531. The Labute approximate surface area is 125 Å². The van der Waals surface area contributed by atoms with Crippen molar-refractivity contribution in [3.8, 4) is 0 Å². The van der Waals surface area contributed by atoms with Gasteiger partial charge in [-0.3, -0.25) is 0 Å². The summed E-state index contributed by atoms with van der Waals surface area (Å²) in [6.07, 6.45) is -0.739. The zero-order chi connectivity index (χ0) is 15.2. The molecule has 1 aliphatic rings. The van der Waals surface area contributed by atoms with Crippen LogP contribution in [0.1, 0.15) is 38.7 Å². The largest absolute Gasteiger partial charge is 0.306 e. The Kier molecular flexibility index (Phi) is 6.90. The van der Waals surface area contributed by atoms with Gasteiger partial charge in [0.25, 0.3) is 0 Å². The highest BCUT2D eigenvalue weighted by Crippen LogP contribution is 2.40. The molecule has 1 aromatic carbocycles. The maximum Gasteiger partial charge on any atom is 0.239 e. The molecule has 1 fully saturated rings. The van der Waals surface area contributed by atoms with Crippen LogP contribution in [0.2, 0.25) is 5.02 Å². The molecule has 0 spiro atoms. The quantitative estimate of drug-likeness (QED) is 0.761. The molecule has 1 nitrogen and oxygen atoms in total. The van der Waals surface area contributed by atoms with Crippen LogP contribution in [0.5, 0.6) is 0 Å². The predicted octanol–water partition coefficient (Wildman–Crippen LogP) is 4.98. The molecule has 1 saturated heterocycles. The molecule has 0 bridgehead atoms. The molecule has 0 unspecified atom stereocenters. The molecule has 2 rings (SSSR count). The number of hydrogen-bond acceptors (Lipinski definition) is 1. The van der Waals surface area contributed by atoms with Gasteiger partial charge < -0.3 is 4.90 Å². The van der Waals surface area contributed by atoms with Gasteiger partial charge in [0.05, 0.1) is 0 Å². The molecule has 114 valence electrons. The zero-order valence-electron chi connectivity index (χ0n) is 12.5. The van der Waals surface area contributed by atoms with Crippen molar-refractivity contribution in [3.05, 3.63) is 34.9 Å². The molecule has 4 heteroatoms. The van der Waals surface area contributed by atoms with Crippen molar-refractivity contribution >= 4 is 11.6 Å². The number of alkyl halides is 2. The molecule has 0 atom stereocenters. The fraction of sp³-hybridized carbons (Fsp3) is 0.625. The summed E-state index contributed by atoms with van der Waals surface area (Å²) in [6, 6.07) is 7.39. The topological polar surface area (TPSA) is 3.24 Å². The predicted molar refractivity (Wildman–Crippen MR) is 81.8 cm³/mol. The summed E-state index contributed by atoms with van der Waals surface area (Å²) in [5, 5.41) is 0.652. The van der Waals surface area contributed by atoms with E-state index < -0.39 is 6.43 Å². The van der Waals surface area contributed by atoms with Gasteiger partial charge >= 0.3 is 0 Å². The molecule has 1 aromatic rings. The van der Waals surface area contributed by atoms with E-state index in [1.165, 1.54) is 0 Å². The molecule has 0 radical (unpaired) electrons. The first-order chi connectivity index (χ1) is 9.52. The van der Waals surface area contributed by atoms with E-state index in [0.717, 1.165) is 31.5 Å². The molecule has 0 amide bonds. The molecule has 1 aliphatic heterocycles. The van der Waals surface area contributed by atoms with E-state index in [-0.39, 0.29) is 11.8 Å². The average molecular weight is 304 g/mol. The van der Waals surface area contributed by atoms with E-state index in [0.29, 0.717) is 5.02 Å². The van der Waals surface area contributed by atoms with Gasteiger partial charge in [-0.25, -0.2) is 8.78 Å². The van der Waals surface area contributed by atoms with Crippen LogP contribution < -0.4 is 0 Å². The molecule has 0 aliphatic carbocycles. The lowest BCUT2D eigenvalue weighted by molar-refractivity contribution is 0.0732. The van der Waals surface area contributed by atoms with Crippen LogP contribution in [0.4, 0.5) is 8.78 Å². The normalized spacial score (nSPS) is 18.6. The minimum atomic E-state index is -2.26. The highest BCUT2D eigenvalue weighted by molar-refractivity contribution is 6.30. The van der Waals surface area contributed by atoms with Gasteiger partial charge in [0.1, 0.15) is 0 Å². The second kappa shape index (κ2) is 7.94. The van der Waals surface area contributed by atoms with Crippen LogP contribution in [-0.4, -0.2) is 31.5 Å². The average Bonchev–Trinajstić information content (AvgIpc) is 2.44. The lowest BCUT2D eigenvalue weighted by Gasteiger charge is -2.41. The molecular formula is C16H24ClF2N. The smallest absolute Gasteiger partial charge is 0.239 e. The third kappa shape index (κ3) is 4.42. The van der Waals surface area contributed by atoms with Gasteiger partial charge in [-0.15, -0.1) is 0 Å². The van der Waals surface area contributed by atoms with E-state index in [9.17, 15) is 8.78 Å². The summed E-state index contributed by atoms with van der Waals surface area (Å²) in [5.41, 5.74) is 0.617. The second-order valence-electron chi connectivity index (χ2n) is 5.19. The summed E-state index contributed by atoms with van der Waals surface area (Å²) in [7, 11) is 2.04. The Hall–Kier alpha value is -0.670. The van der Waals surface area contributed by atoms with Crippen molar-refractivity contribution in [1.82, 2.24) is 4.90 Å². The Bertz CT molecular complexity index is 384. The Morgan fingerprint density at radius 1 is 1.15 bits per heavy atom. The van der Waals surface area contributed by atoms with Crippen LogP contribution in [0.25, 0.3) is 0 Å². The molecule has 0 saturated carbocycles.